The molecule has 0 N–H and O–H groups in total. The van der Waals surface area contributed by atoms with Crippen LogP contribution in [-0.2, 0) is 4.74 Å². The molecule has 0 saturated heterocycles. The molecule has 19 heavy (non-hydrogen) atoms. The predicted octanol–water partition coefficient (Wildman–Crippen LogP) is 1.27. The number of nitrogens with zero attached hydrogens (tertiary/aromatic N) is 4. The van der Waals surface area contributed by atoms with Gasteiger partial charge in [-0.2, -0.15) is 0 Å². The first-order valence-electron chi connectivity index (χ1n) is 5.28. The maximum Gasteiger partial charge on any atom is 0.356 e. The maximum atomic E-state index is 11.4. The lowest BCUT2D eigenvalue weighted by Gasteiger charge is -2.06. The predicted molar refractivity (Wildman–Crippen MR) is 64.1 cm³/mol. The van der Waals surface area contributed by atoms with Gasteiger partial charge in [-0.3, -0.25) is 14.7 Å². The van der Waals surface area contributed by atoms with Gasteiger partial charge in [0.25, 0.3) is 0 Å². The van der Waals surface area contributed by atoms with Gasteiger partial charge in [0.05, 0.1) is 12.0 Å². The summed E-state index contributed by atoms with van der Waals surface area (Å²) in [4.78, 5) is 29.8. The molecule has 2 heterocycles. The van der Waals surface area contributed by atoms with Crippen molar-refractivity contribution in [3.63, 3.8) is 0 Å². The number of rotatable bonds is 3. The second-order valence-corrected chi connectivity index (χ2v) is 3.63. The summed E-state index contributed by atoms with van der Waals surface area (Å²) < 4.78 is 5.98. The fourth-order valence-electron chi connectivity index (χ4n) is 1.58. The number of aromatic nitrogens is 3. The van der Waals surface area contributed by atoms with Crippen molar-refractivity contribution in [3.8, 4) is 5.82 Å². The first-order valence-corrected chi connectivity index (χ1v) is 5.28. The van der Waals surface area contributed by atoms with E-state index < -0.39 is 10.9 Å². The minimum absolute atomic E-state index is 0.00352. The molecule has 98 valence electrons. The van der Waals surface area contributed by atoms with Crippen molar-refractivity contribution >= 4 is 11.7 Å². The number of hydrogen-bond acceptors (Lipinski definition) is 6. The number of methoxy groups -OCH3 is 1. The summed E-state index contributed by atoms with van der Waals surface area (Å²) in [6.45, 7) is 1.68. The molecule has 2 rings (SSSR count). The molecular formula is C11H10N4O4. The number of nitro groups is 1. The summed E-state index contributed by atoms with van der Waals surface area (Å²) in [6.07, 6.45) is 3.03. The number of imidazole rings is 1. The van der Waals surface area contributed by atoms with Crippen molar-refractivity contribution in [1.29, 1.82) is 0 Å². The molecule has 0 fully saturated rings. The number of carbonyl (C=O) groups is 1. The Morgan fingerprint density at radius 3 is 2.74 bits per heavy atom. The van der Waals surface area contributed by atoms with E-state index in [0.29, 0.717) is 5.82 Å². The largest absolute Gasteiger partial charge is 0.464 e. The SMILES string of the molecule is COC(=O)c1ccc([N+](=O)[O-])c(-n2ccnc2C)n1. The number of hydrogen-bond donors (Lipinski definition) is 0. The van der Waals surface area contributed by atoms with Crippen LogP contribution < -0.4 is 0 Å². The van der Waals surface area contributed by atoms with Crippen LogP contribution in [-0.4, -0.2) is 32.5 Å². The first-order chi connectivity index (χ1) is 9.04. The van der Waals surface area contributed by atoms with E-state index in [2.05, 4.69) is 14.7 Å². The molecule has 0 spiro atoms. The molecule has 2 aromatic heterocycles. The number of pyridine rings is 1. The Balaban J connectivity index is 2.64. The Hall–Kier alpha value is -2.77. The van der Waals surface area contributed by atoms with Gasteiger partial charge in [-0.15, -0.1) is 0 Å². The molecule has 0 amide bonds. The van der Waals surface area contributed by atoms with Gasteiger partial charge < -0.3 is 4.74 Å². The van der Waals surface area contributed by atoms with Gasteiger partial charge in [0.1, 0.15) is 5.82 Å². The summed E-state index contributed by atoms with van der Waals surface area (Å²) in [5.74, 6) is -0.102. The number of esters is 1. The van der Waals surface area contributed by atoms with Gasteiger partial charge >= 0.3 is 11.7 Å². The quantitative estimate of drug-likeness (QED) is 0.469. The summed E-state index contributed by atoms with van der Waals surface area (Å²) in [6, 6.07) is 2.47. The molecule has 0 aliphatic carbocycles. The first kappa shape index (κ1) is 12.7. The lowest BCUT2D eigenvalue weighted by atomic mass is 10.3. The molecule has 0 saturated carbocycles. The highest BCUT2D eigenvalue weighted by Crippen LogP contribution is 2.22. The molecule has 0 aliphatic heterocycles. The zero-order chi connectivity index (χ0) is 14.0. The van der Waals surface area contributed by atoms with E-state index in [1.807, 2.05) is 0 Å². The highest BCUT2D eigenvalue weighted by atomic mass is 16.6. The van der Waals surface area contributed by atoms with Crippen LogP contribution in [0.4, 0.5) is 5.69 Å². The van der Waals surface area contributed by atoms with E-state index in [0.717, 1.165) is 0 Å². The fraction of sp³-hybridized carbons (Fsp3) is 0.182. The lowest BCUT2D eigenvalue weighted by Crippen LogP contribution is -2.10. The van der Waals surface area contributed by atoms with Crippen molar-refractivity contribution in [2.24, 2.45) is 0 Å². The minimum Gasteiger partial charge on any atom is -0.464 e. The van der Waals surface area contributed by atoms with E-state index in [-0.39, 0.29) is 17.2 Å². The molecule has 8 nitrogen and oxygen atoms in total. The van der Waals surface area contributed by atoms with Gasteiger partial charge in [0, 0.05) is 18.5 Å². The maximum absolute atomic E-state index is 11.4. The Bertz CT molecular complexity index is 650. The Morgan fingerprint density at radius 1 is 1.47 bits per heavy atom. The minimum atomic E-state index is -0.658. The summed E-state index contributed by atoms with van der Waals surface area (Å²) in [5.41, 5.74) is -0.218. The third kappa shape index (κ3) is 2.28. The van der Waals surface area contributed by atoms with Gasteiger partial charge in [-0.1, -0.05) is 0 Å². The van der Waals surface area contributed by atoms with E-state index >= 15 is 0 Å². The Morgan fingerprint density at radius 2 is 2.21 bits per heavy atom. The molecule has 0 radical (unpaired) electrons. The zero-order valence-corrected chi connectivity index (χ0v) is 10.2. The molecule has 2 aromatic rings. The average molecular weight is 262 g/mol. The van der Waals surface area contributed by atoms with Crippen molar-refractivity contribution in [3.05, 3.63) is 46.2 Å². The van der Waals surface area contributed by atoms with E-state index in [4.69, 9.17) is 0 Å². The molecule has 0 unspecified atom stereocenters. The molecule has 0 bridgehead atoms. The number of ether oxygens (including phenoxy) is 1. The van der Waals surface area contributed by atoms with Gasteiger partial charge in [-0.05, 0) is 13.0 Å². The van der Waals surface area contributed by atoms with Crippen LogP contribution in [0.5, 0.6) is 0 Å². The monoisotopic (exact) mass is 262 g/mol. The standard InChI is InChI=1S/C11H10N4O4/c1-7-12-5-6-14(7)10-9(15(17)18)4-3-8(13-10)11(16)19-2/h3-6H,1-2H3. The molecule has 0 aromatic carbocycles. The zero-order valence-electron chi connectivity index (χ0n) is 10.2. The number of aryl methyl sites for hydroxylation is 1. The topological polar surface area (TPSA) is 100 Å². The Labute approximate surface area is 107 Å². The van der Waals surface area contributed by atoms with Crippen LogP contribution in [0.2, 0.25) is 0 Å². The van der Waals surface area contributed by atoms with Crippen LogP contribution in [0, 0.1) is 17.0 Å². The van der Waals surface area contributed by atoms with Crippen molar-refractivity contribution in [2.75, 3.05) is 7.11 Å². The highest BCUT2D eigenvalue weighted by Gasteiger charge is 2.21. The fourth-order valence-corrected chi connectivity index (χ4v) is 1.58. The average Bonchev–Trinajstić information content (AvgIpc) is 2.83. The van der Waals surface area contributed by atoms with E-state index in [1.165, 1.54) is 36.2 Å². The van der Waals surface area contributed by atoms with Crippen molar-refractivity contribution < 1.29 is 14.5 Å². The van der Waals surface area contributed by atoms with E-state index in [9.17, 15) is 14.9 Å². The molecule has 0 aliphatic rings. The highest BCUT2D eigenvalue weighted by molar-refractivity contribution is 5.87. The van der Waals surface area contributed by atoms with Gasteiger partial charge in [0.15, 0.2) is 5.69 Å². The van der Waals surface area contributed by atoms with Gasteiger partial charge in [0.2, 0.25) is 5.82 Å². The number of carbonyl (C=O) groups excluding carboxylic acids is 1. The summed E-state index contributed by atoms with van der Waals surface area (Å²) in [5, 5.41) is 11.0. The van der Waals surface area contributed by atoms with Crippen LogP contribution in [0.15, 0.2) is 24.5 Å². The van der Waals surface area contributed by atoms with Crippen LogP contribution in [0.3, 0.4) is 0 Å². The summed E-state index contributed by atoms with van der Waals surface area (Å²) >= 11 is 0. The van der Waals surface area contributed by atoms with E-state index in [1.54, 1.807) is 6.92 Å². The normalized spacial score (nSPS) is 10.2. The molecule has 0 atom stereocenters. The molecule has 8 heteroatoms. The lowest BCUT2D eigenvalue weighted by molar-refractivity contribution is -0.384. The second kappa shape index (κ2) is 4.84. The third-order valence-electron chi connectivity index (χ3n) is 2.50. The Kier molecular flexibility index (Phi) is 3.23. The smallest absolute Gasteiger partial charge is 0.356 e. The second-order valence-electron chi connectivity index (χ2n) is 3.63. The summed E-state index contributed by atoms with van der Waals surface area (Å²) in [7, 11) is 1.22. The van der Waals surface area contributed by atoms with Crippen molar-refractivity contribution in [2.45, 2.75) is 6.92 Å². The van der Waals surface area contributed by atoms with Gasteiger partial charge in [-0.25, -0.2) is 14.8 Å². The molecular weight excluding hydrogens is 252 g/mol. The van der Waals surface area contributed by atoms with Crippen LogP contribution >= 0.6 is 0 Å². The third-order valence-corrected chi connectivity index (χ3v) is 2.50. The van der Waals surface area contributed by atoms with Crippen molar-refractivity contribution in [1.82, 2.24) is 14.5 Å². The van der Waals surface area contributed by atoms with Crippen LogP contribution in [0.1, 0.15) is 16.3 Å². The van der Waals surface area contributed by atoms with Crippen LogP contribution in [0.25, 0.3) is 5.82 Å².